The molecule has 1 unspecified atom stereocenters. The Morgan fingerprint density at radius 1 is 0.881 bits per heavy atom. The fraction of sp³-hybridized carbons (Fsp3) is 0.303. The summed E-state index contributed by atoms with van der Waals surface area (Å²) in [6.07, 6.45) is 4.86. The molecular weight excluding hydrogens is 528 g/mol. The summed E-state index contributed by atoms with van der Waals surface area (Å²) in [6.45, 7) is 3.11. The number of fused-ring (bicyclic) bond motifs is 1. The van der Waals surface area contributed by atoms with Crippen LogP contribution < -0.4 is 15.0 Å². The molecule has 0 aliphatic carbocycles. The van der Waals surface area contributed by atoms with Crippen LogP contribution in [0.2, 0.25) is 0 Å². The molecule has 42 heavy (non-hydrogen) atoms. The average molecular weight is 565 g/mol. The lowest BCUT2D eigenvalue weighted by atomic mass is 10.1. The zero-order valence-electron chi connectivity index (χ0n) is 23.9. The van der Waals surface area contributed by atoms with Crippen molar-refractivity contribution in [2.75, 3.05) is 37.1 Å². The van der Waals surface area contributed by atoms with Gasteiger partial charge >= 0.3 is 0 Å². The molecule has 5 aromatic rings. The Bertz CT molecular complexity index is 1510. The van der Waals surface area contributed by atoms with E-state index in [0.29, 0.717) is 32.3 Å². The van der Waals surface area contributed by atoms with Crippen molar-refractivity contribution in [3.8, 4) is 5.75 Å². The standard InChI is InChI=1S/C33H36N6O3/c1-40-20-21-41-28-17-15-27(16-18-28)35-33-36-31(30-32(37-33)39(24-34-30)29-14-8-9-19-42-29)38(22-25-10-4-2-5-11-25)23-26-12-6-3-7-13-26/h2-7,10-13,15-18,24,29H,8-9,14,19-23H2,1H3,(H,35,36,37). The molecule has 216 valence electrons. The summed E-state index contributed by atoms with van der Waals surface area (Å²) in [4.78, 5) is 17.2. The molecule has 1 aliphatic rings. The van der Waals surface area contributed by atoms with Crippen molar-refractivity contribution >= 4 is 28.6 Å². The zero-order valence-corrected chi connectivity index (χ0v) is 23.9. The number of hydrogen-bond acceptors (Lipinski definition) is 8. The number of ether oxygens (including phenoxy) is 3. The van der Waals surface area contributed by atoms with Crippen LogP contribution in [0, 0.1) is 0 Å². The van der Waals surface area contributed by atoms with Gasteiger partial charge in [0.2, 0.25) is 5.95 Å². The normalized spacial score (nSPS) is 15.0. The Kier molecular flexibility index (Phi) is 8.87. The summed E-state index contributed by atoms with van der Waals surface area (Å²) in [5, 5.41) is 3.42. The first-order chi connectivity index (χ1) is 20.8. The van der Waals surface area contributed by atoms with Gasteiger partial charge < -0.3 is 24.4 Å². The molecule has 0 bridgehead atoms. The van der Waals surface area contributed by atoms with Gasteiger partial charge in [0.1, 0.15) is 18.6 Å². The second-order valence-corrected chi connectivity index (χ2v) is 10.3. The van der Waals surface area contributed by atoms with Crippen LogP contribution >= 0.6 is 0 Å². The molecule has 0 radical (unpaired) electrons. The number of nitrogens with zero attached hydrogens (tertiary/aromatic N) is 5. The largest absolute Gasteiger partial charge is 0.491 e. The van der Waals surface area contributed by atoms with Crippen LogP contribution in [0.25, 0.3) is 11.2 Å². The lowest BCUT2D eigenvalue weighted by Gasteiger charge is -2.26. The number of hydrogen-bond donors (Lipinski definition) is 1. The van der Waals surface area contributed by atoms with E-state index in [1.165, 1.54) is 11.1 Å². The highest BCUT2D eigenvalue weighted by Crippen LogP contribution is 2.32. The van der Waals surface area contributed by atoms with E-state index < -0.39 is 0 Å². The Hall–Kier alpha value is -4.47. The number of aromatic nitrogens is 4. The van der Waals surface area contributed by atoms with Crippen LogP contribution in [-0.4, -0.2) is 46.4 Å². The molecule has 0 spiro atoms. The van der Waals surface area contributed by atoms with Crippen LogP contribution in [-0.2, 0) is 22.6 Å². The van der Waals surface area contributed by atoms with Crippen LogP contribution in [0.5, 0.6) is 5.75 Å². The molecule has 0 saturated carbocycles. The van der Waals surface area contributed by atoms with Crippen molar-refractivity contribution in [2.45, 2.75) is 38.6 Å². The van der Waals surface area contributed by atoms with E-state index in [-0.39, 0.29) is 6.23 Å². The van der Waals surface area contributed by atoms with E-state index in [9.17, 15) is 0 Å². The lowest BCUT2D eigenvalue weighted by Crippen LogP contribution is -2.24. The average Bonchev–Trinajstić information content (AvgIpc) is 3.47. The summed E-state index contributed by atoms with van der Waals surface area (Å²) in [5.41, 5.74) is 4.74. The maximum absolute atomic E-state index is 6.14. The van der Waals surface area contributed by atoms with Gasteiger partial charge in [0.05, 0.1) is 12.9 Å². The van der Waals surface area contributed by atoms with Crippen molar-refractivity contribution in [3.63, 3.8) is 0 Å². The zero-order chi connectivity index (χ0) is 28.6. The topological polar surface area (TPSA) is 86.6 Å². The van der Waals surface area contributed by atoms with Gasteiger partial charge in [0.15, 0.2) is 17.0 Å². The van der Waals surface area contributed by atoms with Crippen molar-refractivity contribution in [3.05, 3.63) is 102 Å². The number of nitrogens with one attached hydrogen (secondary N) is 1. The van der Waals surface area contributed by atoms with E-state index >= 15 is 0 Å². The van der Waals surface area contributed by atoms with Gasteiger partial charge in [-0.15, -0.1) is 0 Å². The van der Waals surface area contributed by atoms with E-state index in [0.717, 1.165) is 54.3 Å². The summed E-state index contributed by atoms with van der Waals surface area (Å²) in [5.74, 6) is 2.04. The van der Waals surface area contributed by atoms with Crippen molar-refractivity contribution in [2.24, 2.45) is 0 Å². The van der Waals surface area contributed by atoms with Gasteiger partial charge in [-0.3, -0.25) is 4.57 Å². The Morgan fingerprint density at radius 3 is 2.24 bits per heavy atom. The third kappa shape index (κ3) is 6.70. The third-order valence-corrected chi connectivity index (χ3v) is 7.27. The van der Waals surface area contributed by atoms with Gasteiger partial charge in [0.25, 0.3) is 0 Å². The van der Waals surface area contributed by atoms with Gasteiger partial charge in [-0.2, -0.15) is 9.97 Å². The molecule has 3 heterocycles. The smallest absolute Gasteiger partial charge is 0.231 e. The second-order valence-electron chi connectivity index (χ2n) is 10.3. The number of anilines is 3. The summed E-state index contributed by atoms with van der Waals surface area (Å²) >= 11 is 0. The molecule has 1 fully saturated rings. The second kappa shape index (κ2) is 13.5. The number of benzene rings is 3. The minimum Gasteiger partial charge on any atom is -0.491 e. The maximum atomic E-state index is 6.14. The van der Waals surface area contributed by atoms with Crippen LogP contribution in [0.15, 0.2) is 91.3 Å². The first kappa shape index (κ1) is 27.7. The highest BCUT2D eigenvalue weighted by atomic mass is 16.5. The SMILES string of the molecule is COCCOc1ccc(Nc2nc(N(Cc3ccccc3)Cc3ccccc3)c3ncn(C4CCCCO4)c3n2)cc1. The molecule has 9 heteroatoms. The third-order valence-electron chi connectivity index (χ3n) is 7.27. The molecule has 3 aromatic carbocycles. The molecule has 1 atom stereocenters. The fourth-order valence-electron chi connectivity index (χ4n) is 5.15. The van der Waals surface area contributed by atoms with Crippen LogP contribution in [0.3, 0.4) is 0 Å². The molecule has 1 N–H and O–H groups in total. The molecule has 9 nitrogen and oxygen atoms in total. The predicted octanol–water partition coefficient (Wildman–Crippen LogP) is 6.50. The monoisotopic (exact) mass is 564 g/mol. The number of methoxy groups -OCH3 is 1. The summed E-state index contributed by atoms with van der Waals surface area (Å²) < 4.78 is 19.0. The lowest BCUT2D eigenvalue weighted by molar-refractivity contribution is -0.0298. The van der Waals surface area contributed by atoms with Crippen molar-refractivity contribution in [1.29, 1.82) is 0 Å². The Labute approximate surface area is 246 Å². The molecule has 2 aromatic heterocycles. The van der Waals surface area contributed by atoms with Crippen molar-refractivity contribution < 1.29 is 14.2 Å². The highest BCUT2D eigenvalue weighted by Gasteiger charge is 2.24. The number of imidazole rings is 1. The van der Waals surface area contributed by atoms with E-state index in [1.54, 1.807) is 7.11 Å². The minimum absolute atomic E-state index is 0.0976. The summed E-state index contributed by atoms with van der Waals surface area (Å²) in [7, 11) is 1.66. The first-order valence-electron chi connectivity index (χ1n) is 14.4. The fourth-order valence-corrected chi connectivity index (χ4v) is 5.15. The van der Waals surface area contributed by atoms with Crippen LogP contribution in [0.1, 0.15) is 36.6 Å². The van der Waals surface area contributed by atoms with E-state index in [2.05, 4.69) is 63.3 Å². The van der Waals surface area contributed by atoms with Gasteiger partial charge in [-0.1, -0.05) is 60.7 Å². The summed E-state index contributed by atoms with van der Waals surface area (Å²) in [6, 6.07) is 28.7. The van der Waals surface area contributed by atoms with E-state index in [4.69, 9.17) is 29.2 Å². The molecule has 1 aliphatic heterocycles. The molecule has 1 saturated heterocycles. The Balaban J connectivity index is 1.39. The minimum atomic E-state index is -0.0976. The van der Waals surface area contributed by atoms with Gasteiger partial charge in [-0.05, 0) is 54.7 Å². The number of rotatable bonds is 12. The highest BCUT2D eigenvalue weighted by molar-refractivity contribution is 5.85. The molecular formula is C33H36N6O3. The molecule has 6 rings (SSSR count). The molecule has 0 amide bonds. The van der Waals surface area contributed by atoms with Gasteiger partial charge in [0, 0.05) is 32.5 Å². The predicted molar refractivity (Wildman–Crippen MR) is 164 cm³/mol. The van der Waals surface area contributed by atoms with Gasteiger partial charge in [-0.25, -0.2) is 4.98 Å². The Morgan fingerprint density at radius 2 is 1.60 bits per heavy atom. The van der Waals surface area contributed by atoms with Crippen molar-refractivity contribution in [1.82, 2.24) is 19.5 Å². The first-order valence-corrected chi connectivity index (χ1v) is 14.4. The maximum Gasteiger partial charge on any atom is 0.231 e. The van der Waals surface area contributed by atoms with E-state index in [1.807, 2.05) is 42.7 Å². The quantitative estimate of drug-likeness (QED) is 0.172. The van der Waals surface area contributed by atoms with Crippen LogP contribution in [0.4, 0.5) is 17.5 Å².